The molecule has 0 aromatic carbocycles. The van der Waals surface area contributed by atoms with Crippen molar-refractivity contribution in [3.63, 3.8) is 0 Å². The van der Waals surface area contributed by atoms with Gasteiger partial charge in [0.25, 0.3) is 0 Å². The van der Waals surface area contributed by atoms with Crippen LogP contribution in [0, 0.1) is 0 Å². The Bertz CT molecular complexity index is 1070. The molecule has 0 fully saturated rings. The maximum Gasteiger partial charge on any atom is 0.310 e. The average Bonchev–Trinajstić information content (AvgIpc) is 3.17. The zero-order valence-electron chi connectivity index (χ0n) is 34.4. The highest BCUT2D eigenvalue weighted by Crippen LogP contribution is 2.11. The molecule has 0 N–H and O–H groups in total. The summed E-state index contributed by atoms with van der Waals surface area (Å²) in [5.41, 5.74) is 0. The van der Waals surface area contributed by atoms with Gasteiger partial charge in [0.15, 0.2) is 6.10 Å². The Morgan fingerprint density at radius 2 is 0.722 bits per heavy atom. The van der Waals surface area contributed by atoms with Crippen molar-refractivity contribution in [2.24, 2.45) is 0 Å². The summed E-state index contributed by atoms with van der Waals surface area (Å²) in [5, 5.41) is 0. The van der Waals surface area contributed by atoms with E-state index in [9.17, 15) is 14.4 Å². The second-order valence-electron chi connectivity index (χ2n) is 13.5. The average molecular weight is 749 g/mol. The lowest BCUT2D eigenvalue weighted by atomic mass is 10.1. The summed E-state index contributed by atoms with van der Waals surface area (Å²) in [6, 6.07) is 0. The lowest BCUT2D eigenvalue weighted by Crippen LogP contribution is -2.30. The van der Waals surface area contributed by atoms with E-state index in [-0.39, 0.29) is 31.6 Å². The third kappa shape index (κ3) is 39.5. The van der Waals surface area contributed by atoms with Crippen molar-refractivity contribution in [2.45, 2.75) is 175 Å². The van der Waals surface area contributed by atoms with Crippen LogP contribution in [-0.4, -0.2) is 37.2 Å². The predicted octanol–water partition coefficient (Wildman–Crippen LogP) is 13.5. The number of hydrogen-bond donors (Lipinski definition) is 0. The van der Waals surface area contributed by atoms with Crippen LogP contribution in [-0.2, 0) is 28.6 Å². The molecule has 0 atom stereocenters. The maximum atomic E-state index is 12.5. The van der Waals surface area contributed by atoms with Crippen molar-refractivity contribution in [3.8, 4) is 0 Å². The van der Waals surface area contributed by atoms with Gasteiger partial charge < -0.3 is 14.2 Å². The topological polar surface area (TPSA) is 78.9 Å². The van der Waals surface area contributed by atoms with Gasteiger partial charge in [-0.05, 0) is 89.9 Å². The number of carbonyl (C=O) groups is 3. The van der Waals surface area contributed by atoms with E-state index in [4.69, 9.17) is 14.2 Å². The van der Waals surface area contributed by atoms with Crippen LogP contribution >= 0.6 is 0 Å². The third-order valence-electron chi connectivity index (χ3n) is 8.35. The SMILES string of the molecule is CC/C=C\C/C=C\C/C=C\CCCCCCCC(=O)OCC(COC(=O)CCCCCCC/C=C\C/C=C\C/C=C\CC)OC(=O)C/C=C\C/C=C\CC. The van der Waals surface area contributed by atoms with Crippen molar-refractivity contribution in [1.29, 1.82) is 0 Å². The van der Waals surface area contributed by atoms with Crippen LogP contribution in [0.2, 0.25) is 0 Å². The number of hydrogen-bond acceptors (Lipinski definition) is 6. The van der Waals surface area contributed by atoms with Crippen molar-refractivity contribution >= 4 is 17.9 Å². The summed E-state index contributed by atoms with van der Waals surface area (Å²) in [7, 11) is 0. The second kappa shape index (κ2) is 42.1. The molecular weight excluding hydrogens is 673 g/mol. The minimum absolute atomic E-state index is 0.103. The number of esters is 3. The van der Waals surface area contributed by atoms with Crippen molar-refractivity contribution in [3.05, 3.63) is 97.2 Å². The standard InChI is InChI=1S/C48H76O6/c1-4-7-10-13-16-18-20-22-24-26-28-30-32-35-37-40-46(49)52-43-45(54-48(51)42-39-34-15-12-9-6-3)44-53-47(50)41-38-36-33-31-29-27-25-23-21-19-17-14-11-8-5-2/h7-12,16-19,22-25,34,39,45H,4-6,13-15,20-21,26-33,35-38,40-44H2,1-3H3/b10-7-,11-8-,12-9-,18-16-,19-17-,24-22-,25-23-,39-34-. The molecular formula is C48H76O6. The van der Waals surface area contributed by atoms with Gasteiger partial charge in [-0.3, -0.25) is 14.4 Å². The summed E-state index contributed by atoms with van der Waals surface area (Å²) in [6.45, 7) is 6.11. The molecule has 0 saturated carbocycles. The first-order valence-electron chi connectivity index (χ1n) is 21.2. The van der Waals surface area contributed by atoms with E-state index in [1.807, 2.05) is 12.2 Å². The van der Waals surface area contributed by atoms with Gasteiger partial charge >= 0.3 is 17.9 Å². The van der Waals surface area contributed by atoms with E-state index in [0.29, 0.717) is 12.8 Å². The number of rotatable bonds is 36. The number of carbonyl (C=O) groups excluding carboxylic acids is 3. The molecule has 0 heterocycles. The Balaban J connectivity index is 4.35. The van der Waals surface area contributed by atoms with Gasteiger partial charge in [0, 0.05) is 12.8 Å². The first kappa shape index (κ1) is 50.3. The molecule has 54 heavy (non-hydrogen) atoms. The minimum atomic E-state index is -0.832. The first-order chi connectivity index (χ1) is 26.5. The summed E-state index contributed by atoms with van der Waals surface area (Å²) < 4.78 is 16.5. The van der Waals surface area contributed by atoms with Gasteiger partial charge in [0.2, 0.25) is 0 Å². The third-order valence-corrected chi connectivity index (χ3v) is 8.35. The van der Waals surface area contributed by atoms with Gasteiger partial charge in [-0.15, -0.1) is 0 Å². The molecule has 0 aliphatic heterocycles. The van der Waals surface area contributed by atoms with Gasteiger partial charge in [-0.1, -0.05) is 157 Å². The zero-order chi connectivity index (χ0) is 39.4. The number of unbranched alkanes of at least 4 members (excludes halogenated alkanes) is 10. The fourth-order valence-corrected chi connectivity index (χ4v) is 5.26. The smallest absolute Gasteiger partial charge is 0.310 e. The summed E-state index contributed by atoms with van der Waals surface area (Å²) >= 11 is 0. The molecule has 0 radical (unpaired) electrons. The number of allylic oxidation sites excluding steroid dienone is 15. The van der Waals surface area contributed by atoms with E-state index >= 15 is 0 Å². The summed E-state index contributed by atoms with van der Waals surface area (Å²) in [4.78, 5) is 37.4. The molecule has 304 valence electrons. The van der Waals surface area contributed by atoms with Crippen LogP contribution in [0.1, 0.15) is 168 Å². The van der Waals surface area contributed by atoms with Gasteiger partial charge in [-0.25, -0.2) is 0 Å². The highest BCUT2D eigenvalue weighted by molar-refractivity contribution is 5.72. The fraction of sp³-hybridized carbons (Fsp3) is 0.604. The molecule has 0 aliphatic carbocycles. The van der Waals surface area contributed by atoms with Gasteiger partial charge in [0.05, 0.1) is 6.42 Å². The maximum absolute atomic E-state index is 12.5. The zero-order valence-corrected chi connectivity index (χ0v) is 34.4. The van der Waals surface area contributed by atoms with E-state index in [1.54, 1.807) is 6.08 Å². The van der Waals surface area contributed by atoms with Gasteiger partial charge in [-0.2, -0.15) is 0 Å². The quantitative estimate of drug-likeness (QED) is 0.0275. The molecule has 6 heteroatoms. The molecule has 0 amide bonds. The molecule has 0 spiro atoms. The van der Waals surface area contributed by atoms with Gasteiger partial charge in [0.1, 0.15) is 13.2 Å². The molecule has 0 unspecified atom stereocenters. The lowest BCUT2D eigenvalue weighted by molar-refractivity contribution is -0.166. The Morgan fingerprint density at radius 3 is 1.13 bits per heavy atom. The van der Waals surface area contributed by atoms with Crippen LogP contribution in [0.25, 0.3) is 0 Å². The molecule has 0 saturated heterocycles. The van der Waals surface area contributed by atoms with Crippen molar-refractivity contribution in [2.75, 3.05) is 13.2 Å². The number of ether oxygens (including phenoxy) is 3. The summed E-state index contributed by atoms with van der Waals surface area (Å²) in [5.74, 6) is -1.09. The highest BCUT2D eigenvalue weighted by atomic mass is 16.6. The second-order valence-corrected chi connectivity index (χ2v) is 13.5. The molecule has 0 rings (SSSR count). The monoisotopic (exact) mass is 749 g/mol. The van der Waals surface area contributed by atoms with E-state index in [0.717, 1.165) is 128 Å². The van der Waals surface area contributed by atoms with Crippen LogP contribution in [0.4, 0.5) is 0 Å². The first-order valence-corrected chi connectivity index (χ1v) is 21.2. The highest BCUT2D eigenvalue weighted by Gasteiger charge is 2.19. The van der Waals surface area contributed by atoms with Crippen LogP contribution < -0.4 is 0 Å². The fourth-order valence-electron chi connectivity index (χ4n) is 5.26. The molecule has 0 aromatic rings. The Morgan fingerprint density at radius 1 is 0.389 bits per heavy atom. The molecule has 0 aromatic heterocycles. The summed E-state index contributed by atoms with van der Waals surface area (Å²) in [6.07, 6.45) is 54.4. The largest absolute Gasteiger partial charge is 0.462 e. The van der Waals surface area contributed by atoms with Crippen LogP contribution in [0.15, 0.2) is 97.2 Å². The minimum Gasteiger partial charge on any atom is -0.462 e. The Kier molecular flexibility index (Phi) is 39.2. The van der Waals surface area contributed by atoms with E-state index < -0.39 is 12.1 Å². The normalized spacial score (nSPS) is 12.5. The van der Waals surface area contributed by atoms with Crippen LogP contribution in [0.5, 0.6) is 0 Å². The lowest BCUT2D eigenvalue weighted by Gasteiger charge is -2.18. The van der Waals surface area contributed by atoms with Crippen molar-refractivity contribution < 1.29 is 28.6 Å². The Hall–Kier alpha value is -3.67. The Labute approximate surface area is 330 Å². The molecule has 0 aliphatic rings. The van der Waals surface area contributed by atoms with Crippen molar-refractivity contribution in [1.82, 2.24) is 0 Å². The molecule has 6 nitrogen and oxygen atoms in total. The molecule has 0 bridgehead atoms. The van der Waals surface area contributed by atoms with E-state index in [2.05, 4.69) is 99.8 Å². The predicted molar refractivity (Wildman–Crippen MR) is 228 cm³/mol. The van der Waals surface area contributed by atoms with E-state index in [1.165, 1.54) is 0 Å². The van der Waals surface area contributed by atoms with Crippen LogP contribution in [0.3, 0.4) is 0 Å².